The molecule has 1 atom stereocenters. The number of thiol groups is 1. The second kappa shape index (κ2) is 5.17. The number of carboxylic acid groups (broad SMARTS) is 1. The van der Waals surface area contributed by atoms with E-state index in [1.165, 1.54) is 6.20 Å². The fourth-order valence-electron chi connectivity index (χ4n) is 0.549. The van der Waals surface area contributed by atoms with Gasteiger partial charge in [-0.25, -0.2) is 4.79 Å². The van der Waals surface area contributed by atoms with Crippen LogP contribution in [-0.4, -0.2) is 22.9 Å². The number of carbonyl (C=O) groups is 1. The third kappa shape index (κ3) is 3.40. The number of hydrogen-bond donors (Lipinski definition) is 3. The van der Waals surface area contributed by atoms with E-state index in [4.69, 9.17) is 5.11 Å². The van der Waals surface area contributed by atoms with Crippen LogP contribution in [0.25, 0.3) is 0 Å². The minimum Gasteiger partial charge on any atom is -0.480 e. The van der Waals surface area contributed by atoms with Crippen LogP contribution in [0, 0.1) is 0 Å². The molecule has 0 aliphatic carbocycles. The summed E-state index contributed by atoms with van der Waals surface area (Å²) in [6.07, 6.45) is 1.88. The summed E-state index contributed by atoms with van der Waals surface area (Å²) in [5.74, 6) is -0.313. The zero-order chi connectivity index (χ0) is 7.98. The zero-order valence-corrected chi connectivity index (χ0v) is 6.47. The minimum absolute atomic E-state index is 0.504. The first-order valence-electron chi connectivity index (χ1n) is 2.93. The molecule has 0 radical (unpaired) electrons. The van der Waals surface area contributed by atoms with E-state index in [0.29, 0.717) is 12.2 Å². The highest BCUT2D eigenvalue weighted by molar-refractivity contribution is 7.80. The molecule has 0 amide bonds. The minimum atomic E-state index is -0.867. The van der Waals surface area contributed by atoms with E-state index in [0.717, 1.165) is 0 Å². The predicted molar refractivity (Wildman–Crippen MR) is 43.2 cm³/mol. The molecular weight excluding hydrogens is 150 g/mol. The highest BCUT2D eigenvalue weighted by Crippen LogP contribution is 1.93. The maximum Gasteiger partial charge on any atom is 0.326 e. The van der Waals surface area contributed by atoms with Crippen molar-refractivity contribution in [3.05, 3.63) is 12.8 Å². The first kappa shape index (κ1) is 9.36. The molecule has 2 N–H and O–H groups in total. The fraction of sp³-hybridized carbons (Fsp3) is 0.500. The van der Waals surface area contributed by atoms with Crippen LogP contribution in [0.5, 0.6) is 0 Å². The molecule has 0 aromatic heterocycles. The highest BCUT2D eigenvalue weighted by atomic mass is 32.1. The molecule has 0 saturated heterocycles. The van der Waals surface area contributed by atoms with Gasteiger partial charge in [0.05, 0.1) is 0 Å². The van der Waals surface area contributed by atoms with E-state index in [2.05, 4.69) is 24.5 Å². The van der Waals surface area contributed by atoms with Crippen molar-refractivity contribution in [2.75, 3.05) is 5.75 Å². The molecule has 0 aliphatic heterocycles. The molecule has 0 rings (SSSR count). The number of rotatable bonds is 5. The molecule has 0 aromatic rings. The second-order valence-corrected chi connectivity index (χ2v) is 2.22. The highest BCUT2D eigenvalue weighted by Gasteiger charge is 2.12. The van der Waals surface area contributed by atoms with Gasteiger partial charge in [0.1, 0.15) is 6.04 Å². The SMILES string of the molecule is C=CN[C@@H](CCS)C(=O)O. The predicted octanol–water partition coefficient (Wildman–Crippen LogP) is 0.493. The van der Waals surface area contributed by atoms with Crippen LogP contribution in [0.4, 0.5) is 0 Å². The van der Waals surface area contributed by atoms with Gasteiger partial charge in [-0.1, -0.05) is 6.58 Å². The Kier molecular flexibility index (Phi) is 4.84. The van der Waals surface area contributed by atoms with Gasteiger partial charge < -0.3 is 10.4 Å². The van der Waals surface area contributed by atoms with Crippen LogP contribution in [-0.2, 0) is 4.79 Å². The van der Waals surface area contributed by atoms with E-state index in [9.17, 15) is 4.79 Å². The summed E-state index contributed by atoms with van der Waals surface area (Å²) in [5.41, 5.74) is 0. The first-order chi connectivity index (χ1) is 4.72. The van der Waals surface area contributed by atoms with Gasteiger partial charge in [0.25, 0.3) is 0 Å². The van der Waals surface area contributed by atoms with E-state index >= 15 is 0 Å². The number of aliphatic carboxylic acids is 1. The third-order valence-electron chi connectivity index (χ3n) is 1.03. The first-order valence-corrected chi connectivity index (χ1v) is 3.56. The second-order valence-electron chi connectivity index (χ2n) is 1.77. The molecule has 10 heavy (non-hydrogen) atoms. The van der Waals surface area contributed by atoms with Crippen LogP contribution >= 0.6 is 12.6 Å². The van der Waals surface area contributed by atoms with Gasteiger partial charge in [0.15, 0.2) is 0 Å². The van der Waals surface area contributed by atoms with E-state index in [-0.39, 0.29) is 0 Å². The fourth-order valence-corrected chi connectivity index (χ4v) is 0.808. The van der Waals surface area contributed by atoms with Crippen molar-refractivity contribution in [3.63, 3.8) is 0 Å². The number of nitrogens with one attached hydrogen (secondary N) is 1. The van der Waals surface area contributed by atoms with E-state index in [1.807, 2.05) is 0 Å². The molecule has 3 nitrogen and oxygen atoms in total. The van der Waals surface area contributed by atoms with Crippen molar-refractivity contribution < 1.29 is 9.90 Å². The standard InChI is InChI=1S/C6H11NO2S/c1-2-7-5(3-4-10)6(8)9/h2,5,7,10H,1,3-4H2,(H,8,9)/t5-/m0/s1. The van der Waals surface area contributed by atoms with Crippen molar-refractivity contribution >= 4 is 18.6 Å². The van der Waals surface area contributed by atoms with Crippen molar-refractivity contribution in [2.45, 2.75) is 12.5 Å². The Balaban J connectivity index is 3.71. The van der Waals surface area contributed by atoms with Gasteiger partial charge >= 0.3 is 5.97 Å². The van der Waals surface area contributed by atoms with Crippen LogP contribution in [0.1, 0.15) is 6.42 Å². The molecule has 4 heteroatoms. The lowest BCUT2D eigenvalue weighted by Crippen LogP contribution is -2.33. The largest absolute Gasteiger partial charge is 0.480 e. The number of hydrogen-bond acceptors (Lipinski definition) is 3. The molecule has 0 unspecified atom stereocenters. The monoisotopic (exact) mass is 161 g/mol. The zero-order valence-electron chi connectivity index (χ0n) is 5.58. The van der Waals surface area contributed by atoms with Gasteiger partial charge in [0, 0.05) is 0 Å². The van der Waals surface area contributed by atoms with Crippen LogP contribution in [0.2, 0.25) is 0 Å². The summed E-state index contributed by atoms with van der Waals surface area (Å²) >= 11 is 3.91. The molecule has 0 heterocycles. The van der Waals surface area contributed by atoms with Gasteiger partial charge in [-0.05, 0) is 18.4 Å². The van der Waals surface area contributed by atoms with Crippen molar-refractivity contribution in [3.8, 4) is 0 Å². The molecular formula is C6H11NO2S. The maximum absolute atomic E-state index is 10.3. The van der Waals surface area contributed by atoms with Gasteiger partial charge in [0.2, 0.25) is 0 Å². The molecule has 0 fully saturated rings. The summed E-state index contributed by atoms with van der Waals surface area (Å²) < 4.78 is 0. The Morgan fingerprint density at radius 1 is 1.90 bits per heavy atom. The topological polar surface area (TPSA) is 49.3 Å². The Morgan fingerprint density at radius 2 is 2.50 bits per heavy atom. The Hall–Kier alpha value is -0.640. The van der Waals surface area contributed by atoms with Crippen molar-refractivity contribution in [1.82, 2.24) is 5.32 Å². The smallest absolute Gasteiger partial charge is 0.326 e. The lowest BCUT2D eigenvalue weighted by molar-refractivity contribution is -0.139. The number of carboxylic acids is 1. The summed E-state index contributed by atoms with van der Waals surface area (Å²) in [6, 6.07) is -0.546. The Morgan fingerprint density at radius 3 is 2.80 bits per heavy atom. The maximum atomic E-state index is 10.3. The molecule has 58 valence electrons. The van der Waals surface area contributed by atoms with Gasteiger partial charge in [-0.3, -0.25) is 0 Å². The van der Waals surface area contributed by atoms with E-state index < -0.39 is 12.0 Å². The molecule has 0 bridgehead atoms. The van der Waals surface area contributed by atoms with Gasteiger partial charge in [-0.15, -0.1) is 0 Å². The summed E-state index contributed by atoms with van der Waals surface area (Å²) in [6.45, 7) is 3.37. The normalized spacial score (nSPS) is 12.1. The molecule has 0 saturated carbocycles. The molecule has 0 aliphatic rings. The molecule has 0 aromatic carbocycles. The van der Waals surface area contributed by atoms with E-state index in [1.54, 1.807) is 0 Å². The Labute approximate surface area is 65.5 Å². The van der Waals surface area contributed by atoms with Crippen LogP contribution in [0.15, 0.2) is 12.8 Å². The quantitative estimate of drug-likeness (QED) is 0.514. The summed E-state index contributed by atoms with van der Waals surface area (Å²) in [5, 5.41) is 11.1. The summed E-state index contributed by atoms with van der Waals surface area (Å²) in [7, 11) is 0. The molecule has 0 spiro atoms. The van der Waals surface area contributed by atoms with Crippen molar-refractivity contribution in [1.29, 1.82) is 0 Å². The average molecular weight is 161 g/mol. The lowest BCUT2D eigenvalue weighted by Gasteiger charge is -2.09. The third-order valence-corrected chi connectivity index (χ3v) is 1.29. The average Bonchev–Trinajstić information content (AvgIpc) is 1.87. The Bertz CT molecular complexity index is 127. The summed E-state index contributed by atoms with van der Waals surface area (Å²) in [4.78, 5) is 10.3. The van der Waals surface area contributed by atoms with Crippen LogP contribution < -0.4 is 5.32 Å². The van der Waals surface area contributed by atoms with Gasteiger partial charge in [-0.2, -0.15) is 12.6 Å². The lowest BCUT2D eigenvalue weighted by atomic mass is 10.2. The van der Waals surface area contributed by atoms with Crippen molar-refractivity contribution in [2.24, 2.45) is 0 Å². The van der Waals surface area contributed by atoms with Crippen LogP contribution in [0.3, 0.4) is 0 Å².